The van der Waals surface area contributed by atoms with Gasteiger partial charge in [-0.3, -0.25) is 9.59 Å². The van der Waals surface area contributed by atoms with Gasteiger partial charge in [-0.1, -0.05) is 36.7 Å². The molecule has 3 aromatic rings. The van der Waals surface area contributed by atoms with Gasteiger partial charge in [0.15, 0.2) is 0 Å². The van der Waals surface area contributed by atoms with Crippen LogP contribution in [0, 0.1) is 0 Å². The summed E-state index contributed by atoms with van der Waals surface area (Å²) in [6.07, 6.45) is 0.735. The number of halogens is 1. The van der Waals surface area contributed by atoms with Crippen LogP contribution in [0.4, 0.5) is 5.69 Å². The van der Waals surface area contributed by atoms with E-state index >= 15 is 0 Å². The summed E-state index contributed by atoms with van der Waals surface area (Å²) in [6.45, 7) is 2.43. The summed E-state index contributed by atoms with van der Waals surface area (Å²) < 4.78 is 6.72. The second-order valence-electron chi connectivity index (χ2n) is 6.00. The van der Waals surface area contributed by atoms with Crippen LogP contribution >= 0.6 is 11.6 Å². The number of hydrogen-bond acceptors (Lipinski definition) is 4. The molecule has 1 heterocycles. The number of aromatic hydroxyl groups is 1. The first-order valence-corrected chi connectivity index (χ1v) is 8.85. The molecule has 0 saturated carbocycles. The fraction of sp³-hybridized carbons (Fsp3) is 0.200. The lowest BCUT2D eigenvalue weighted by molar-refractivity contribution is 0.102. The maximum atomic E-state index is 13.0. The minimum atomic E-state index is -0.635. The van der Waals surface area contributed by atoms with Crippen molar-refractivity contribution in [3.05, 3.63) is 63.4 Å². The summed E-state index contributed by atoms with van der Waals surface area (Å²) in [5.74, 6) is -0.363. The van der Waals surface area contributed by atoms with E-state index in [2.05, 4.69) is 5.32 Å². The van der Waals surface area contributed by atoms with Gasteiger partial charge in [-0.05, 0) is 24.6 Å². The third kappa shape index (κ3) is 3.48. The maximum absolute atomic E-state index is 13.0. The largest absolute Gasteiger partial charge is 0.508 e. The van der Waals surface area contributed by atoms with Crippen molar-refractivity contribution in [2.75, 3.05) is 12.4 Å². The van der Waals surface area contributed by atoms with Crippen molar-refractivity contribution < 1.29 is 14.6 Å². The number of methoxy groups -OCH3 is 1. The van der Waals surface area contributed by atoms with E-state index in [1.807, 2.05) is 19.1 Å². The number of aryl methyl sites for hydroxylation is 1. The van der Waals surface area contributed by atoms with Crippen molar-refractivity contribution in [3.8, 4) is 11.5 Å². The zero-order valence-corrected chi connectivity index (χ0v) is 15.7. The molecular weight excluding hydrogens is 368 g/mol. The van der Waals surface area contributed by atoms with Crippen LogP contribution in [0.15, 0.2) is 47.3 Å². The Balaban J connectivity index is 2.14. The third-order valence-corrected chi connectivity index (χ3v) is 4.61. The van der Waals surface area contributed by atoms with Crippen LogP contribution < -0.4 is 15.6 Å². The molecule has 0 aliphatic rings. The van der Waals surface area contributed by atoms with Crippen molar-refractivity contribution in [1.29, 1.82) is 0 Å². The number of nitrogens with one attached hydrogen (secondary N) is 1. The SMILES string of the molecule is CCCn1c(=O)c(C(=O)Nc2ccc(O)cc2OC)c(Cl)c2ccccc21. The van der Waals surface area contributed by atoms with E-state index in [-0.39, 0.29) is 22.1 Å². The van der Waals surface area contributed by atoms with Crippen LogP contribution in [0.3, 0.4) is 0 Å². The van der Waals surface area contributed by atoms with E-state index in [1.54, 1.807) is 16.7 Å². The summed E-state index contributed by atoms with van der Waals surface area (Å²) in [5, 5.41) is 12.9. The molecule has 0 aliphatic heterocycles. The smallest absolute Gasteiger partial charge is 0.265 e. The lowest BCUT2D eigenvalue weighted by atomic mass is 10.1. The van der Waals surface area contributed by atoms with Gasteiger partial charge in [-0.15, -0.1) is 0 Å². The molecule has 6 nitrogen and oxygen atoms in total. The Morgan fingerprint density at radius 2 is 2.00 bits per heavy atom. The van der Waals surface area contributed by atoms with E-state index < -0.39 is 11.5 Å². The normalized spacial score (nSPS) is 10.8. The highest BCUT2D eigenvalue weighted by atomic mass is 35.5. The number of fused-ring (bicyclic) bond motifs is 1. The van der Waals surface area contributed by atoms with Gasteiger partial charge in [0.2, 0.25) is 0 Å². The number of carbonyl (C=O) groups excluding carboxylic acids is 1. The molecule has 0 unspecified atom stereocenters. The summed E-state index contributed by atoms with van der Waals surface area (Å²) in [4.78, 5) is 25.9. The molecule has 2 aromatic carbocycles. The van der Waals surface area contributed by atoms with Gasteiger partial charge in [0.1, 0.15) is 17.1 Å². The fourth-order valence-corrected chi connectivity index (χ4v) is 3.30. The Bertz CT molecular complexity index is 1080. The zero-order valence-electron chi connectivity index (χ0n) is 15.0. The number of amides is 1. The van der Waals surface area contributed by atoms with Crippen LogP contribution in [0.1, 0.15) is 23.7 Å². The van der Waals surface area contributed by atoms with Crippen LogP contribution in [0.25, 0.3) is 10.9 Å². The molecule has 0 aliphatic carbocycles. The molecule has 0 atom stereocenters. The molecule has 0 bridgehead atoms. The minimum absolute atomic E-state index is 0.00103. The number of carbonyl (C=O) groups is 1. The summed E-state index contributed by atoms with van der Waals surface area (Å²) >= 11 is 6.43. The maximum Gasteiger partial charge on any atom is 0.265 e. The first-order valence-electron chi connectivity index (χ1n) is 8.47. The first-order chi connectivity index (χ1) is 13.0. The molecule has 2 N–H and O–H groups in total. The van der Waals surface area contributed by atoms with Gasteiger partial charge in [-0.2, -0.15) is 0 Å². The molecule has 140 valence electrons. The van der Waals surface area contributed by atoms with Crippen LogP contribution in [-0.2, 0) is 6.54 Å². The molecule has 7 heteroatoms. The Morgan fingerprint density at radius 3 is 2.70 bits per heavy atom. The topological polar surface area (TPSA) is 80.6 Å². The minimum Gasteiger partial charge on any atom is -0.508 e. The number of phenolic OH excluding ortho intramolecular Hbond substituents is 1. The molecule has 3 rings (SSSR count). The average Bonchev–Trinajstić information content (AvgIpc) is 2.66. The molecule has 1 aromatic heterocycles. The second kappa shape index (κ2) is 7.72. The number of benzene rings is 2. The van der Waals surface area contributed by atoms with E-state index in [1.165, 1.54) is 25.3 Å². The summed E-state index contributed by atoms with van der Waals surface area (Å²) in [7, 11) is 1.42. The molecule has 0 saturated heterocycles. The number of ether oxygens (including phenoxy) is 1. The fourth-order valence-electron chi connectivity index (χ4n) is 2.98. The quantitative estimate of drug-likeness (QED) is 0.649. The van der Waals surface area contributed by atoms with E-state index in [0.29, 0.717) is 23.1 Å². The summed E-state index contributed by atoms with van der Waals surface area (Å²) in [6, 6.07) is 11.5. The Hall–Kier alpha value is -2.99. The molecule has 27 heavy (non-hydrogen) atoms. The number of rotatable bonds is 5. The van der Waals surface area contributed by atoms with Gasteiger partial charge in [0.25, 0.3) is 11.5 Å². The number of para-hydroxylation sites is 1. The Morgan fingerprint density at radius 1 is 1.26 bits per heavy atom. The van der Waals surface area contributed by atoms with Gasteiger partial charge in [0, 0.05) is 18.0 Å². The van der Waals surface area contributed by atoms with Gasteiger partial charge < -0.3 is 19.7 Å². The highest BCUT2D eigenvalue weighted by Gasteiger charge is 2.22. The van der Waals surface area contributed by atoms with Crippen molar-refractivity contribution in [2.24, 2.45) is 0 Å². The molecule has 1 amide bonds. The number of hydrogen-bond donors (Lipinski definition) is 2. The van der Waals surface area contributed by atoms with Crippen molar-refractivity contribution in [1.82, 2.24) is 4.57 Å². The van der Waals surface area contributed by atoms with Crippen molar-refractivity contribution in [3.63, 3.8) is 0 Å². The highest BCUT2D eigenvalue weighted by molar-refractivity contribution is 6.39. The number of anilines is 1. The molecule has 0 radical (unpaired) electrons. The standard InChI is InChI=1S/C20H19ClN2O4/c1-3-10-23-15-7-5-4-6-13(15)18(21)17(20(23)26)19(25)22-14-9-8-12(24)11-16(14)27-2/h4-9,11,24H,3,10H2,1-2H3,(H,22,25). The number of aromatic nitrogens is 1. The number of pyridine rings is 1. The van der Waals surface area contributed by atoms with Crippen LogP contribution in [0.5, 0.6) is 11.5 Å². The molecule has 0 fully saturated rings. The van der Waals surface area contributed by atoms with Gasteiger partial charge in [0.05, 0.1) is 23.3 Å². The highest BCUT2D eigenvalue weighted by Crippen LogP contribution is 2.30. The lowest BCUT2D eigenvalue weighted by Crippen LogP contribution is -2.30. The summed E-state index contributed by atoms with van der Waals surface area (Å²) in [5.41, 5.74) is 0.439. The Kier molecular flexibility index (Phi) is 5.37. The number of nitrogens with zero attached hydrogens (tertiary/aromatic N) is 1. The zero-order chi connectivity index (χ0) is 19.6. The first kappa shape index (κ1) is 18.8. The predicted octanol–water partition coefficient (Wildman–Crippen LogP) is 4.03. The predicted molar refractivity (Wildman–Crippen MR) is 106 cm³/mol. The van der Waals surface area contributed by atoms with Crippen LogP contribution in [-0.4, -0.2) is 22.7 Å². The van der Waals surface area contributed by atoms with E-state index in [0.717, 1.165) is 6.42 Å². The third-order valence-electron chi connectivity index (χ3n) is 4.22. The monoisotopic (exact) mass is 386 g/mol. The van der Waals surface area contributed by atoms with Gasteiger partial charge in [-0.25, -0.2) is 0 Å². The van der Waals surface area contributed by atoms with Crippen molar-refractivity contribution in [2.45, 2.75) is 19.9 Å². The van der Waals surface area contributed by atoms with E-state index in [9.17, 15) is 14.7 Å². The van der Waals surface area contributed by atoms with Crippen LogP contribution in [0.2, 0.25) is 5.02 Å². The number of phenols is 1. The Labute approximate surface area is 161 Å². The molecule has 0 spiro atoms. The van der Waals surface area contributed by atoms with Gasteiger partial charge >= 0.3 is 0 Å². The van der Waals surface area contributed by atoms with Crippen molar-refractivity contribution >= 4 is 34.1 Å². The van der Waals surface area contributed by atoms with E-state index in [4.69, 9.17) is 16.3 Å². The lowest BCUT2D eigenvalue weighted by Gasteiger charge is -2.15. The second-order valence-corrected chi connectivity index (χ2v) is 6.38. The average molecular weight is 387 g/mol. The molecular formula is C20H19ClN2O4.